The molecule has 148 valence electrons. The molecule has 0 aromatic heterocycles. The second-order valence-electron chi connectivity index (χ2n) is 6.30. The molecule has 7 nitrogen and oxygen atoms in total. The fraction of sp³-hybridized carbons (Fsp3) is 0.526. The summed E-state index contributed by atoms with van der Waals surface area (Å²) in [6.07, 6.45) is 0.353. The number of nitrogens with one attached hydrogen (secondary N) is 2. The van der Waals surface area contributed by atoms with Gasteiger partial charge in [0.05, 0.1) is 6.42 Å². The lowest BCUT2D eigenvalue weighted by molar-refractivity contribution is -0.131. The van der Waals surface area contributed by atoms with Crippen molar-refractivity contribution in [1.82, 2.24) is 20.4 Å². The van der Waals surface area contributed by atoms with Gasteiger partial charge in [0.15, 0.2) is 5.96 Å². The maximum Gasteiger partial charge on any atom is 0.241 e. The molecule has 2 amide bonds. The third-order valence-electron chi connectivity index (χ3n) is 4.26. The largest absolute Gasteiger partial charge is 0.357 e. The van der Waals surface area contributed by atoms with E-state index in [0.29, 0.717) is 50.1 Å². The summed E-state index contributed by atoms with van der Waals surface area (Å²) in [5, 5.41) is 6.60. The number of benzene rings is 1. The van der Waals surface area contributed by atoms with Crippen LogP contribution in [0.4, 0.5) is 0 Å². The maximum atomic E-state index is 12.5. The van der Waals surface area contributed by atoms with E-state index >= 15 is 0 Å². The fourth-order valence-electron chi connectivity index (χ4n) is 2.93. The van der Waals surface area contributed by atoms with Crippen LogP contribution in [0.25, 0.3) is 0 Å². The van der Waals surface area contributed by atoms with Gasteiger partial charge < -0.3 is 20.4 Å². The first-order valence-corrected chi connectivity index (χ1v) is 9.73. The molecular formula is C19H28ClN5O2. The van der Waals surface area contributed by atoms with E-state index in [4.69, 9.17) is 11.6 Å². The molecule has 1 aliphatic heterocycles. The number of halogens is 1. The molecule has 0 aliphatic carbocycles. The zero-order valence-corrected chi connectivity index (χ0v) is 16.8. The first kappa shape index (κ1) is 21.0. The normalized spacial score (nSPS) is 14.9. The molecule has 1 aromatic rings. The monoisotopic (exact) mass is 393 g/mol. The second kappa shape index (κ2) is 10.8. The molecule has 1 saturated heterocycles. The van der Waals surface area contributed by atoms with Gasteiger partial charge in [0, 0.05) is 44.3 Å². The quantitative estimate of drug-likeness (QED) is 0.561. The number of hydrogen-bond acceptors (Lipinski definition) is 3. The van der Waals surface area contributed by atoms with Crippen LogP contribution in [0.5, 0.6) is 0 Å². The highest BCUT2D eigenvalue weighted by atomic mass is 35.5. The van der Waals surface area contributed by atoms with Crippen molar-refractivity contribution in [3.63, 3.8) is 0 Å². The topological polar surface area (TPSA) is 77.0 Å². The highest BCUT2D eigenvalue weighted by Crippen LogP contribution is 2.13. The SMILES string of the molecule is CCNC(=O)CN=C(NCC)N1CCN(C(=O)Cc2cccc(Cl)c2)CC1. The molecule has 27 heavy (non-hydrogen) atoms. The van der Waals surface area contributed by atoms with Crippen LogP contribution < -0.4 is 10.6 Å². The fourth-order valence-corrected chi connectivity index (χ4v) is 3.14. The summed E-state index contributed by atoms with van der Waals surface area (Å²) < 4.78 is 0. The number of carbonyl (C=O) groups is 2. The molecule has 0 radical (unpaired) electrons. The molecule has 1 fully saturated rings. The highest BCUT2D eigenvalue weighted by Gasteiger charge is 2.23. The number of rotatable bonds is 6. The van der Waals surface area contributed by atoms with Gasteiger partial charge in [-0.05, 0) is 31.5 Å². The maximum absolute atomic E-state index is 12.5. The average molecular weight is 394 g/mol. The van der Waals surface area contributed by atoms with E-state index in [9.17, 15) is 9.59 Å². The van der Waals surface area contributed by atoms with Gasteiger partial charge in [-0.1, -0.05) is 23.7 Å². The lowest BCUT2D eigenvalue weighted by Crippen LogP contribution is -2.54. The Labute approximate surface area is 165 Å². The Morgan fingerprint density at radius 2 is 1.74 bits per heavy atom. The minimum absolute atomic E-state index is 0.0942. The minimum atomic E-state index is -0.0942. The van der Waals surface area contributed by atoms with Gasteiger partial charge in [-0.15, -0.1) is 0 Å². The Kier molecular flexibility index (Phi) is 8.39. The van der Waals surface area contributed by atoms with Crippen molar-refractivity contribution in [1.29, 1.82) is 0 Å². The second-order valence-corrected chi connectivity index (χ2v) is 6.73. The Hall–Kier alpha value is -2.28. The van der Waals surface area contributed by atoms with Crippen LogP contribution >= 0.6 is 11.6 Å². The number of carbonyl (C=O) groups excluding carboxylic acids is 2. The van der Waals surface area contributed by atoms with Crippen LogP contribution in [-0.4, -0.2) is 73.4 Å². The standard InChI is InChI=1S/C19H28ClN5O2/c1-3-21-17(26)14-23-19(22-4-2)25-10-8-24(9-11-25)18(27)13-15-6-5-7-16(20)12-15/h5-7,12H,3-4,8-11,13-14H2,1-2H3,(H,21,26)(H,22,23). The summed E-state index contributed by atoms with van der Waals surface area (Å²) in [6, 6.07) is 7.40. The summed E-state index contributed by atoms with van der Waals surface area (Å²) in [6.45, 7) is 7.92. The number of amides is 2. The van der Waals surface area contributed by atoms with Crippen molar-refractivity contribution in [2.75, 3.05) is 45.8 Å². The molecule has 1 aromatic carbocycles. The van der Waals surface area contributed by atoms with Crippen molar-refractivity contribution in [2.24, 2.45) is 4.99 Å². The molecular weight excluding hydrogens is 366 g/mol. The molecule has 2 N–H and O–H groups in total. The predicted molar refractivity (Wildman–Crippen MR) is 108 cm³/mol. The van der Waals surface area contributed by atoms with E-state index in [-0.39, 0.29) is 18.4 Å². The molecule has 0 saturated carbocycles. The van der Waals surface area contributed by atoms with Crippen LogP contribution in [0.15, 0.2) is 29.3 Å². The van der Waals surface area contributed by atoms with Crippen molar-refractivity contribution >= 4 is 29.4 Å². The van der Waals surface area contributed by atoms with Gasteiger partial charge in [0.25, 0.3) is 0 Å². The predicted octanol–water partition coefficient (Wildman–Crippen LogP) is 1.13. The summed E-state index contributed by atoms with van der Waals surface area (Å²) in [4.78, 5) is 32.5. The number of piperazine rings is 1. The van der Waals surface area contributed by atoms with E-state index in [1.165, 1.54) is 0 Å². The summed E-state index contributed by atoms with van der Waals surface area (Å²) >= 11 is 5.99. The van der Waals surface area contributed by atoms with Gasteiger partial charge in [-0.3, -0.25) is 9.59 Å². The Morgan fingerprint density at radius 1 is 1.07 bits per heavy atom. The van der Waals surface area contributed by atoms with Gasteiger partial charge in [-0.2, -0.15) is 0 Å². The molecule has 1 heterocycles. The van der Waals surface area contributed by atoms with E-state index in [2.05, 4.69) is 20.5 Å². The molecule has 1 aliphatic rings. The number of likely N-dealkylation sites (N-methyl/N-ethyl adjacent to an activating group) is 1. The van der Waals surface area contributed by atoms with Gasteiger partial charge in [0.1, 0.15) is 6.54 Å². The van der Waals surface area contributed by atoms with Crippen molar-refractivity contribution in [3.05, 3.63) is 34.9 Å². The van der Waals surface area contributed by atoms with E-state index in [1.807, 2.05) is 36.9 Å². The van der Waals surface area contributed by atoms with Crippen LogP contribution in [0.3, 0.4) is 0 Å². The van der Waals surface area contributed by atoms with Crippen molar-refractivity contribution < 1.29 is 9.59 Å². The smallest absolute Gasteiger partial charge is 0.241 e. The Bertz CT molecular complexity index is 672. The van der Waals surface area contributed by atoms with E-state index in [1.54, 1.807) is 6.07 Å². The van der Waals surface area contributed by atoms with Crippen molar-refractivity contribution in [2.45, 2.75) is 20.3 Å². The van der Waals surface area contributed by atoms with Gasteiger partial charge >= 0.3 is 0 Å². The molecule has 0 atom stereocenters. The first-order valence-electron chi connectivity index (χ1n) is 9.35. The molecule has 8 heteroatoms. The van der Waals surface area contributed by atoms with Crippen LogP contribution in [0.1, 0.15) is 19.4 Å². The molecule has 0 spiro atoms. The summed E-state index contributed by atoms with van der Waals surface area (Å²) in [5.74, 6) is 0.718. The van der Waals surface area contributed by atoms with Gasteiger partial charge in [-0.25, -0.2) is 4.99 Å². The minimum Gasteiger partial charge on any atom is -0.357 e. The number of hydrogen-bond donors (Lipinski definition) is 2. The molecule has 0 bridgehead atoms. The lowest BCUT2D eigenvalue weighted by atomic mass is 10.1. The van der Waals surface area contributed by atoms with Crippen LogP contribution in [0.2, 0.25) is 5.02 Å². The van der Waals surface area contributed by atoms with E-state index < -0.39 is 0 Å². The summed E-state index contributed by atoms with van der Waals surface area (Å²) in [7, 11) is 0. The summed E-state index contributed by atoms with van der Waals surface area (Å²) in [5.41, 5.74) is 0.923. The van der Waals surface area contributed by atoms with Crippen LogP contribution in [0, 0.1) is 0 Å². The third kappa shape index (κ3) is 6.75. The van der Waals surface area contributed by atoms with Crippen LogP contribution in [-0.2, 0) is 16.0 Å². The third-order valence-corrected chi connectivity index (χ3v) is 4.49. The number of aliphatic imine (C=N–C) groups is 1. The zero-order valence-electron chi connectivity index (χ0n) is 16.0. The zero-order chi connectivity index (χ0) is 19.6. The highest BCUT2D eigenvalue weighted by molar-refractivity contribution is 6.30. The molecule has 2 rings (SSSR count). The first-order chi connectivity index (χ1) is 13.0. The Balaban J connectivity index is 1.88. The number of guanidine groups is 1. The van der Waals surface area contributed by atoms with E-state index in [0.717, 1.165) is 12.1 Å². The number of nitrogens with zero attached hydrogens (tertiary/aromatic N) is 3. The lowest BCUT2D eigenvalue weighted by Gasteiger charge is -2.36. The van der Waals surface area contributed by atoms with Gasteiger partial charge in [0.2, 0.25) is 11.8 Å². The van der Waals surface area contributed by atoms with Crippen molar-refractivity contribution in [3.8, 4) is 0 Å². The molecule has 0 unspecified atom stereocenters. The Morgan fingerprint density at radius 3 is 2.37 bits per heavy atom. The average Bonchev–Trinajstić information content (AvgIpc) is 2.65.